The molecular formula is C25H26N6. The summed E-state index contributed by atoms with van der Waals surface area (Å²) in [5, 5.41) is 3.17. The van der Waals surface area contributed by atoms with Gasteiger partial charge < -0.3 is 15.6 Å². The number of imidazole rings is 1. The molecule has 0 fully saturated rings. The second-order valence-electron chi connectivity index (χ2n) is 7.29. The zero-order valence-electron chi connectivity index (χ0n) is 17.4. The molecule has 0 spiro atoms. The van der Waals surface area contributed by atoms with Gasteiger partial charge in [-0.3, -0.25) is 4.98 Å². The van der Waals surface area contributed by atoms with Crippen LogP contribution in [0.4, 0.5) is 0 Å². The van der Waals surface area contributed by atoms with E-state index in [1.807, 2.05) is 36.8 Å². The summed E-state index contributed by atoms with van der Waals surface area (Å²) in [6.07, 6.45) is 8.20. The Morgan fingerprint density at radius 1 is 0.968 bits per heavy atom. The van der Waals surface area contributed by atoms with Gasteiger partial charge in [-0.05, 0) is 34.4 Å². The minimum atomic E-state index is 0.446. The summed E-state index contributed by atoms with van der Waals surface area (Å²) in [5.41, 5.74) is 11.8. The van der Waals surface area contributed by atoms with E-state index in [4.69, 9.17) is 5.73 Å². The Balaban J connectivity index is 1.38. The molecule has 0 saturated heterocycles. The van der Waals surface area contributed by atoms with Gasteiger partial charge in [0.2, 0.25) is 0 Å². The molecule has 6 nitrogen and oxygen atoms in total. The van der Waals surface area contributed by atoms with Gasteiger partial charge >= 0.3 is 0 Å². The van der Waals surface area contributed by atoms with Crippen molar-refractivity contribution in [1.82, 2.24) is 19.9 Å². The van der Waals surface area contributed by atoms with E-state index in [0.717, 1.165) is 24.2 Å². The van der Waals surface area contributed by atoms with Crippen molar-refractivity contribution in [2.75, 3.05) is 6.54 Å². The third-order valence-electron chi connectivity index (χ3n) is 5.04. The van der Waals surface area contributed by atoms with Crippen molar-refractivity contribution in [2.24, 2.45) is 10.7 Å². The maximum atomic E-state index is 6.07. The van der Waals surface area contributed by atoms with Crippen LogP contribution >= 0.6 is 0 Å². The van der Waals surface area contributed by atoms with E-state index in [9.17, 15) is 0 Å². The number of benzene rings is 2. The van der Waals surface area contributed by atoms with E-state index in [2.05, 4.69) is 67.3 Å². The van der Waals surface area contributed by atoms with Crippen LogP contribution in [0, 0.1) is 0 Å². The van der Waals surface area contributed by atoms with Gasteiger partial charge in [0, 0.05) is 43.8 Å². The maximum absolute atomic E-state index is 6.07. The number of hydrogen-bond acceptors (Lipinski definition) is 3. The average Bonchev–Trinajstić information content (AvgIpc) is 3.32. The smallest absolute Gasteiger partial charge is 0.188 e. The van der Waals surface area contributed by atoms with Crippen LogP contribution in [0.1, 0.15) is 16.8 Å². The highest BCUT2D eigenvalue weighted by molar-refractivity contribution is 5.78. The second-order valence-corrected chi connectivity index (χ2v) is 7.29. The minimum absolute atomic E-state index is 0.446. The lowest BCUT2D eigenvalue weighted by atomic mass is 9.98. The second kappa shape index (κ2) is 10.2. The predicted octanol–water partition coefficient (Wildman–Crippen LogP) is 3.64. The predicted molar refractivity (Wildman–Crippen MR) is 124 cm³/mol. The first-order valence-electron chi connectivity index (χ1n) is 10.3. The monoisotopic (exact) mass is 410 g/mol. The highest BCUT2D eigenvalue weighted by atomic mass is 15.1. The van der Waals surface area contributed by atoms with Crippen LogP contribution in [0.5, 0.6) is 0 Å². The molecule has 0 atom stereocenters. The molecule has 0 amide bonds. The molecule has 0 radical (unpaired) electrons. The van der Waals surface area contributed by atoms with Gasteiger partial charge in [-0.25, -0.2) is 9.98 Å². The molecule has 4 aromatic rings. The lowest BCUT2D eigenvalue weighted by Gasteiger charge is -2.10. The Morgan fingerprint density at radius 3 is 2.58 bits per heavy atom. The number of rotatable bonds is 8. The number of nitrogens with two attached hydrogens (primary N) is 1. The Morgan fingerprint density at radius 2 is 1.81 bits per heavy atom. The topological polar surface area (TPSA) is 81.1 Å². The molecule has 156 valence electrons. The van der Waals surface area contributed by atoms with Gasteiger partial charge in [0.1, 0.15) is 0 Å². The number of pyridine rings is 1. The van der Waals surface area contributed by atoms with Crippen molar-refractivity contribution in [3.05, 3.63) is 108 Å². The van der Waals surface area contributed by atoms with E-state index >= 15 is 0 Å². The highest BCUT2D eigenvalue weighted by Gasteiger charge is 2.05. The molecule has 0 aliphatic carbocycles. The van der Waals surface area contributed by atoms with Gasteiger partial charge in [-0.1, -0.05) is 54.6 Å². The van der Waals surface area contributed by atoms with Crippen molar-refractivity contribution in [2.45, 2.75) is 19.5 Å². The first kappa shape index (κ1) is 20.3. The largest absolute Gasteiger partial charge is 0.370 e. The fourth-order valence-corrected chi connectivity index (χ4v) is 3.41. The SMILES string of the molecule is NC(=NCc1ccccc1-c1ccc(Cn2ccnc2)cc1)NCCc1ccccn1. The van der Waals surface area contributed by atoms with Gasteiger partial charge in [-0.2, -0.15) is 0 Å². The summed E-state index contributed by atoms with van der Waals surface area (Å²) in [5.74, 6) is 0.446. The van der Waals surface area contributed by atoms with Gasteiger partial charge in [0.25, 0.3) is 0 Å². The Kier molecular flexibility index (Phi) is 6.70. The lowest BCUT2D eigenvalue weighted by molar-refractivity contribution is 0.797. The van der Waals surface area contributed by atoms with Crippen LogP contribution in [0.25, 0.3) is 11.1 Å². The average molecular weight is 411 g/mol. The fraction of sp³-hybridized carbons (Fsp3) is 0.160. The van der Waals surface area contributed by atoms with Crippen LogP contribution in [0.3, 0.4) is 0 Å². The van der Waals surface area contributed by atoms with Crippen LogP contribution in [-0.2, 0) is 19.5 Å². The number of guanidine groups is 1. The Labute approximate surface area is 182 Å². The molecule has 2 heterocycles. The van der Waals surface area contributed by atoms with Crippen LogP contribution in [0.2, 0.25) is 0 Å². The minimum Gasteiger partial charge on any atom is -0.370 e. The third kappa shape index (κ3) is 5.79. The first-order valence-corrected chi connectivity index (χ1v) is 10.3. The molecule has 0 aliphatic rings. The molecular weight excluding hydrogens is 384 g/mol. The van der Waals surface area contributed by atoms with E-state index in [1.165, 1.54) is 16.7 Å². The number of nitrogens with one attached hydrogen (secondary N) is 1. The summed E-state index contributed by atoms with van der Waals surface area (Å²) >= 11 is 0. The molecule has 0 bridgehead atoms. The van der Waals surface area contributed by atoms with Crippen LogP contribution in [-0.4, -0.2) is 27.0 Å². The summed E-state index contributed by atoms with van der Waals surface area (Å²) in [4.78, 5) is 12.9. The quantitative estimate of drug-likeness (QED) is 0.343. The van der Waals surface area contributed by atoms with Crippen molar-refractivity contribution in [1.29, 1.82) is 0 Å². The van der Waals surface area contributed by atoms with Crippen molar-refractivity contribution in [3.63, 3.8) is 0 Å². The van der Waals surface area contributed by atoms with Crippen molar-refractivity contribution < 1.29 is 0 Å². The summed E-state index contributed by atoms with van der Waals surface area (Å²) < 4.78 is 2.06. The first-order chi connectivity index (χ1) is 15.3. The molecule has 2 aromatic heterocycles. The van der Waals surface area contributed by atoms with E-state index < -0.39 is 0 Å². The van der Waals surface area contributed by atoms with Crippen LogP contribution < -0.4 is 11.1 Å². The molecule has 0 saturated carbocycles. The number of hydrogen-bond donors (Lipinski definition) is 2. The highest BCUT2D eigenvalue weighted by Crippen LogP contribution is 2.25. The number of aliphatic imine (C=N–C) groups is 1. The summed E-state index contributed by atoms with van der Waals surface area (Å²) in [6, 6.07) is 22.8. The van der Waals surface area contributed by atoms with Gasteiger partial charge in [0.05, 0.1) is 12.9 Å². The molecule has 3 N–H and O–H groups in total. The molecule has 4 rings (SSSR count). The zero-order chi connectivity index (χ0) is 21.3. The number of nitrogens with zero attached hydrogens (tertiary/aromatic N) is 4. The Bertz CT molecular complexity index is 1100. The van der Waals surface area contributed by atoms with E-state index in [0.29, 0.717) is 19.0 Å². The molecule has 6 heteroatoms. The van der Waals surface area contributed by atoms with Crippen molar-refractivity contribution >= 4 is 5.96 Å². The molecule has 0 unspecified atom stereocenters. The van der Waals surface area contributed by atoms with Crippen LogP contribution in [0.15, 0.2) is 96.6 Å². The molecule has 2 aromatic carbocycles. The van der Waals surface area contributed by atoms with Gasteiger partial charge in [0.15, 0.2) is 5.96 Å². The van der Waals surface area contributed by atoms with Gasteiger partial charge in [-0.15, -0.1) is 0 Å². The Hall–Kier alpha value is -3.93. The maximum Gasteiger partial charge on any atom is 0.188 e. The summed E-state index contributed by atoms with van der Waals surface area (Å²) in [6.45, 7) is 2.04. The number of aromatic nitrogens is 3. The fourth-order valence-electron chi connectivity index (χ4n) is 3.41. The van der Waals surface area contributed by atoms with E-state index in [-0.39, 0.29) is 0 Å². The van der Waals surface area contributed by atoms with Crippen molar-refractivity contribution in [3.8, 4) is 11.1 Å². The molecule has 0 aliphatic heterocycles. The molecule has 31 heavy (non-hydrogen) atoms. The normalized spacial score (nSPS) is 11.4. The van der Waals surface area contributed by atoms with E-state index in [1.54, 1.807) is 12.4 Å². The third-order valence-corrected chi connectivity index (χ3v) is 5.04. The summed E-state index contributed by atoms with van der Waals surface area (Å²) in [7, 11) is 0. The zero-order valence-corrected chi connectivity index (χ0v) is 17.4. The standard InChI is InChI=1S/C25H26N6/c26-25(29-14-12-23-6-3-4-13-28-23)30-17-22-5-1-2-7-24(22)21-10-8-20(9-11-21)18-31-16-15-27-19-31/h1-11,13,15-16,19H,12,14,17-18H2,(H3,26,29,30). The lowest BCUT2D eigenvalue weighted by Crippen LogP contribution is -2.33.